The lowest BCUT2D eigenvalue weighted by molar-refractivity contribution is 0.140. The van der Waals surface area contributed by atoms with E-state index in [1.807, 2.05) is 30.5 Å². The Balaban J connectivity index is 2.55. The van der Waals surface area contributed by atoms with Crippen LogP contribution in [0.25, 0.3) is 10.8 Å². The molecule has 5 heteroatoms. The van der Waals surface area contributed by atoms with Crippen molar-refractivity contribution in [2.24, 2.45) is 0 Å². The number of aromatic nitrogens is 1. The Morgan fingerprint density at radius 1 is 0.941 bits per heavy atom. The molecule has 17 heavy (non-hydrogen) atoms. The molecule has 1 aromatic carbocycles. The van der Waals surface area contributed by atoms with Gasteiger partial charge in [-0.1, -0.05) is 12.1 Å². The van der Waals surface area contributed by atoms with E-state index in [4.69, 9.17) is 13.3 Å². The Bertz CT molecular complexity index is 506. The fourth-order valence-electron chi connectivity index (χ4n) is 1.88. The predicted molar refractivity (Wildman–Crippen MR) is 68.2 cm³/mol. The first-order valence-electron chi connectivity index (χ1n) is 5.25. The van der Waals surface area contributed by atoms with Gasteiger partial charge in [0.25, 0.3) is 0 Å². The first kappa shape index (κ1) is 12.2. The molecule has 0 radical (unpaired) electrons. The lowest BCUT2D eigenvalue weighted by atomic mass is 10.2. The Morgan fingerprint density at radius 2 is 1.65 bits per heavy atom. The summed E-state index contributed by atoms with van der Waals surface area (Å²) < 4.78 is 16.3. The Hall–Kier alpha value is -1.27. The van der Waals surface area contributed by atoms with Crippen molar-refractivity contribution in [3.63, 3.8) is 0 Å². The van der Waals surface area contributed by atoms with Crippen molar-refractivity contribution in [2.45, 2.75) is 0 Å². The fourth-order valence-corrected chi connectivity index (χ4v) is 3.71. The normalized spacial score (nSPS) is 11.9. The van der Waals surface area contributed by atoms with Crippen molar-refractivity contribution in [2.75, 3.05) is 21.3 Å². The van der Waals surface area contributed by atoms with Crippen molar-refractivity contribution >= 4 is 24.8 Å². The molecule has 0 amide bonds. The molecule has 2 rings (SSSR count). The van der Waals surface area contributed by atoms with E-state index in [0.29, 0.717) is 0 Å². The van der Waals surface area contributed by atoms with Gasteiger partial charge in [-0.05, 0) is 17.5 Å². The molecule has 0 aliphatic rings. The van der Waals surface area contributed by atoms with E-state index in [9.17, 15) is 0 Å². The van der Waals surface area contributed by atoms with Crippen LogP contribution in [0.15, 0.2) is 36.7 Å². The first-order valence-corrected chi connectivity index (χ1v) is 6.98. The van der Waals surface area contributed by atoms with Gasteiger partial charge in [0.1, 0.15) is 0 Å². The maximum atomic E-state index is 5.45. The number of nitrogens with zero attached hydrogens (tertiary/aromatic N) is 1. The smallest absolute Gasteiger partial charge is 0.373 e. The summed E-state index contributed by atoms with van der Waals surface area (Å²) in [6.45, 7) is 0. The summed E-state index contributed by atoms with van der Waals surface area (Å²) in [5, 5.41) is 3.12. The molecule has 0 fully saturated rings. The number of fused-ring (bicyclic) bond motifs is 1. The highest BCUT2D eigenvalue weighted by Crippen LogP contribution is 2.14. The standard InChI is InChI=1S/C12H15NO3Si/c1-14-17(15-2,16-3)12-5-4-10-6-7-13-9-11(10)8-12/h4-9H,1-3H3. The quantitative estimate of drug-likeness (QED) is 0.766. The van der Waals surface area contributed by atoms with Crippen LogP contribution in [0, 0.1) is 0 Å². The van der Waals surface area contributed by atoms with Gasteiger partial charge in [0.15, 0.2) is 0 Å². The molecule has 0 saturated carbocycles. The van der Waals surface area contributed by atoms with Crippen molar-refractivity contribution < 1.29 is 13.3 Å². The average molecular weight is 249 g/mol. The summed E-state index contributed by atoms with van der Waals surface area (Å²) >= 11 is 0. The van der Waals surface area contributed by atoms with Crippen LogP contribution >= 0.6 is 0 Å². The second kappa shape index (κ2) is 4.93. The first-order chi connectivity index (χ1) is 8.25. The molecular weight excluding hydrogens is 234 g/mol. The Morgan fingerprint density at radius 3 is 2.29 bits per heavy atom. The third kappa shape index (κ3) is 2.10. The van der Waals surface area contributed by atoms with Gasteiger partial charge in [-0.25, -0.2) is 0 Å². The molecule has 90 valence electrons. The van der Waals surface area contributed by atoms with E-state index in [-0.39, 0.29) is 0 Å². The zero-order chi connectivity index (χ0) is 12.3. The van der Waals surface area contributed by atoms with Crippen LogP contribution in [0.3, 0.4) is 0 Å². The second-order valence-corrected chi connectivity index (χ2v) is 6.52. The highest BCUT2D eigenvalue weighted by atomic mass is 28.4. The third-order valence-corrected chi connectivity index (χ3v) is 5.43. The third-order valence-electron chi connectivity index (χ3n) is 2.80. The summed E-state index contributed by atoms with van der Waals surface area (Å²) in [6.07, 6.45) is 3.59. The van der Waals surface area contributed by atoms with Gasteiger partial charge in [0, 0.05) is 44.3 Å². The van der Waals surface area contributed by atoms with Crippen LogP contribution in [0.1, 0.15) is 0 Å². The van der Waals surface area contributed by atoms with Crippen LogP contribution in [0.5, 0.6) is 0 Å². The molecule has 0 aliphatic heterocycles. The molecule has 0 aliphatic carbocycles. The molecule has 0 bridgehead atoms. The van der Waals surface area contributed by atoms with E-state index in [1.165, 1.54) is 0 Å². The van der Waals surface area contributed by atoms with Gasteiger partial charge in [0.2, 0.25) is 0 Å². The monoisotopic (exact) mass is 249 g/mol. The maximum absolute atomic E-state index is 5.45. The largest absolute Gasteiger partial charge is 0.536 e. The van der Waals surface area contributed by atoms with Gasteiger partial charge in [-0.2, -0.15) is 0 Å². The Labute approximate surface area is 102 Å². The van der Waals surface area contributed by atoms with Crippen LogP contribution in [0.2, 0.25) is 0 Å². The van der Waals surface area contributed by atoms with Gasteiger partial charge in [0.05, 0.1) is 0 Å². The number of hydrogen-bond donors (Lipinski definition) is 0. The van der Waals surface area contributed by atoms with E-state index >= 15 is 0 Å². The van der Waals surface area contributed by atoms with E-state index in [2.05, 4.69) is 4.98 Å². The topological polar surface area (TPSA) is 40.6 Å². The molecule has 0 N–H and O–H groups in total. The van der Waals surface area contributed by atoms with Crippen LogP contribution < -0.4 is 5.19 Å². The molecule has 0 unspecified atom stereocenters. The SMILES string of the molecule is CO[Si](OC)(OC)c1ccc2ccncc2c1. The highest BCUT2D eigenvalue weighted by Gasteiger charge is 2.40. The minimum Gasteiger partial charge on any atom is -0.373 e. The van der Waals surface area contributed by atoms with Gasteiger partial charge < -0.3 is 13.3 Å². The molecule has 2 aromatic rings. The lowest BCUT2D eigenvalue weighted by Crippen LogP contribution is -2.54. The predicted octanol–water partition coefficient (Wildman–Crippen LogP) is 1.32. The molecule has 1 aromatic heterocycles. The number of benzene rings is 1. The van der Waals surface area contributed by atoms with Crippen molar-refractivity contribution in [3.05, 3.63) is 36.7 Å². The summed E-state index contributed by atoms with van der Waals surface area (Å²) in [5.74, 6) is 0. The fraction of sp³-hybridized carbons (Fsp3) is 0.250. The molecule has 0 saturated heterocycles. The molecule has 0 atom stereocenters. The molecular formula is C12H15NO3Si. The van der Waals surface area contributed by atoms with Crippen LogP contribution in [-0.4, -0.2) is 35.1 Å². The summed E-state index contributed by atoms with van der Waals surface area (Å²) in [7, 11) is 2.07. The Kier molecular flexibility index (Phi) is 3.53. The average Bonchev–Trinajstić information content (AvgIpc) is 2.41. The maximum Gasteiger partial charge on any atom is 0.536 e. The summed E-state index contributed by atoms with van der Waals surface area (Å²) in [5.41, 5.74) is 0. The zero-order valence-corrected chi connectivity index (χ0v) is 11.1. The summed E-state index contributed by atoms with van der Waals surface area (Å²) in [6, 6.07) is 7.97. The number of hydrogen-bond acceptors (Lipinski definition) is 4. The molecule has 1 heterocycles. The summed E-state index contributed by atoms with van der Waals surface area (Å²) in [4.78, 5) is 4.11. The van der Waals surface area contributed by atoms with Crippen molar-refractivity contribution in [3.8, 4) is 0 Å². The van der Waals surface area contributed by atoms with E-state index < -0.39 is 8.80 Å². The van der Waals surface area contributed by atoms with E-state index in [0.717, 1.165) is 16.0 Å². The van der Waals surface area contributed by atoms with Gasteiger partial charge in [-0.3, -0.25) is 4.98 Å². The molecule has 0 spiro atoms. The molecule has 4 nitrogen and oxygen atoms in total. The minimum atomic E-state index is -2.74. The second-order valence-electron chi connectivity index (χ2n) is 3.61. The lowest BCUT2D eigenvalue weighted by Gasteiger charge is -2.24. The van der Waals surface area contributed by atoms with Crippen LogP contribution in [0.4, 0.5) is 0 Å². The van der Waals surface area contributed by atoms with Crippen molar-refractivity contribution in [1.29, 1.82) is 0 Å². The van der Waals surface area contributed by atoms with E-state index in [1.54, 1.807) is 27.5 Å². The van der Waals surface area contributed by atoms with Crippen LogP contribution in [-0.2, 0) is 13.3 Å². The van der Waals surface area contributed by atoms with Gasteiger partial charge >= 0.3 is 8.80 Å². The minimum absolute atomic E-state index is 0.936. The van der Waals surface area contributed by atoms with Crippen molar-refractivity contribution in [1.82, 2.24) is 4.98 Å². The number of pyridine rings is 1. The van der Waals surface area contributed by atoms with Gasteiger partial charge in [-0.15, -0.1) is 0 Å². The highest BCUT2D eigenvalue weighted by molar-refractivity contribution is 6.75. The zero-order valence-electron chi connectivity index (χ0n) is 10.1. The number of rotatable bonds is 4.